The van der Waals surface area contributed by atoms with Gasteiger partial charge in [0, 0.05) is 11.1 Å². The van der Waals surface area contributed by atoms with E-state index >= 15 is 0 Å². The summed E-state index contributed by atoms with van der Waals surface area (Å²) in [7, 11) is 0. The second-order valence-electron chi connectivity index (χ2n) is 6.83. The van der Waals surface area contributed by atoms with Crippen molar-refractivity contribution in [2.45, 2.75) is 13.1 Å². The predicted octanol–water partition coefficient (Wildman–Crippen LogP) is 5.56. The van der Waals surface area contributed by atoms with Crippen molar-refractivity contribution < 1.29 is 18.0 Å². The lowest BCUT2D eigenvalue weighted by Crippen LogP contribution is -2.18. The van der Waals surface area contributed by atoms with Gasteiger partial charge in [-0.25, -0.2) is 4.98 Å². The van der Waals surface area contributed by atoms with Crippen molar-refractivity contribution in [3.63, 3.8) is 0 Å². The molecule has 2 heterocycles. The molecule has 0 aliphatic carbocycles. The zero-order valence-electron chi connectivity index (χ0n) is 16.6. The maximum atomic E-state index is 13.6. The Balaban J connectivity index is 1.65. The zero-order valence-corrected chi connectivity index (χ0v) is 17.3. The summed E-state index contributed by atoms with van der Waals surface area (Å²) in [5.74, 6) is -1.10. The number of aromatic nitrogens is 4. The van der Waals surface area contributed by atoms with Gasteiger partial charge >= 0.3 is 6.18 Å². The van der Waals surface area contributed by atoms with Crippen LogP contribution in [-0.4, -0.2) is 25.9 Å². The number of nitrogens with one attached hydrogen (secondary N) is 1. The average Bonchev–Trinajstić information content (AvgIpc) is 3.30. The van der Waals surface area contributed by atoms with Crippen molar-refractivity contribution in [2.75, 3.05) is 5.32 Å². The molecular weight excluding hydrogens is 443 g/mol. The van der Waals surface area contributed by atoms with Gasteiger partial charge in [-0.15, -0.1) is 4.80 Å². The van der Waals surface area contributed by atoms with Gasteiger partial charge in [-0.05, 0) is 30.2 Å². The van der Waals surface area contributed by atoms with E-state index in [1.807, 2.05) is 30.3 Å². The van der Waals surface area contributed by atoms with Crippen LogP contribution in [0.25, 0.3) is 16.9 Å². The Bertz CT molecular complexity index is 1270. The monoisotopic (exact) mass is 457 g/mol. The van der Waals surface area contributed by atoms with E-state index < -0.39 is 23.5 Å². The first-order valence-corrected chi connectivity index (χ1v) is 9.73. The van der Waals surface area contributed by atoms with E-state index in [9.17, 15) is 18.0 Å². The standard InChI is InChI=1S/C22H15ClF3N5O/c1-13-16(7-8-17(19(13)23)14-5-3-2-4-6-14)21(32)30-15-11-18(22(24,25)26)20(27-12-15)31-28-9-10-29-31/h2-12H,1H3,(H,30,32). The summed E-state index contributed by atoms with van der Waals surface area (Å²) in [6.07, 6.45) is -1.14. The number of carbonyl (C=O) groups excluding carboxylic acids is 1. The molecule has 0 aliphatic rings. The Morgan fingerprint density at radius 3 is 2.41 bits per heavy atom. The van der Waals surface area contributed by atoms with Crippen molar-refractivity contribution in [3.05, 3.63) is 88.8 Å². The molecule has 10 heteroatoms. The van der Waals surface area contributed by atoms with Crippen LogP contribution >= 0.6 is 11.6 Å². The highest BCUT2D eigenvalue weighted by Gasteiger charge is 2.36. The first kappa shape index (κ1) is 21.5. The zero-order chi connectivity index (χ0) is 22.9. The Morgan fingerprint density at radius 2 is 1.75 bits per heavy atom. The number of rotatable bonds is 4. The largest absolute Gasteiger partial charge is 0.420 e. The summed E-state index contributed by atoms with van der Waals surface area (Å²) in [4.78, 5) is 17.4. The normalized spacial score (nSPS) is 11.4. The van der Waals surface area contributed by atoms with E-state index in [1.54, 1.807) is 19.1 Å². The van der Waals surface area contributed by atoms with Crippen molar-refractivity contribution >= 4 is 23.2 Å². The summed E-state index contributed by atoms with van der Waals surface area (Å²) in [6.45, 7) is 1.68. The van der Waals surface area contributed by atoms with Gasteiger partial charge in [0.2, 0.25) is 0 Å². The molecule has 0 atom stereocenters. The van der Waals surface area contributed by atoms with E-state index in [1.165, 1.54) is 12.4 Å². The number of amides is 1. The molecule has 4 aromatic rings. The summed E-state index contributed by atoms with van der Waals surface area (Å²) >= 11 is 6.49. The summed E-state index contributed by atoms with van der Waals surface area (Å²) in [6, 6.07) is 13.5. The van der Waals surface area contributed by atoms with Crippen molar-refractivity contribution in [3.8, 4) is 16.9 Å². The van der Waals surface area contributed by atoms with E-state index in [4.69, 9.17) is 11.6 Å². The van der Waals surface area contributed by atoms with Gasteiger partial charge in [0.15, 0.2) is 5.82 Å². The van der Waals surface area contributed by atoms with Gasteiger partial charge in [0.1, 0.15) is 5.56 Å². The Hall–Kier alpha value is -3.72. The molecule has 0 unspecified atom stereocenters. The van der Waals surface area contributed by atoms with Crippen LogP contribution in [0.4, 0.5) is 18.9 Å². The maximum absolute atomic E-state index is 13.6. The van der Waals surface area contributed by atoms with E-state index in [-0.39, 0.29) is 11.3 Å². The minimum absolute atomic E-state index is 0.124. The first-order valence-electron chi connectivity index (χ1n) is 9.35. The minimum Gasteiger partial charge on any atom is -0.321 e. The third kappa shape index (κ3) is 4.19. The molecular formula is C22H15ClF3N5O. The Kier molecular flexibility index (Phi) is 5.67. The molecule has 0 saturated heterocycles. The molecule has 0 bridgehead atoms. The lowest BCUT2D eigenvalue weighted by Gasteiger charge is -2.15. The van der Waals surface area contributed by atoms with Crippen LogP contribution in [0.2, 0.25) is 5.02 Å². The van der Waals surface area contributed by atoms with Crippen LogP contribution in [0.3, 0.4) is 0 Å². The molecule has 0 radical (unpaired) electrons. The fourth-order valence-electron chi connectivity index (χ4n) is 3.19. The quantitative estimate of drug-likeness (QED) is 0.435. The SMILES string of the molecule is Cc1c(C(=O)Nc2cnc(-n3nccn3)c(C(F)(F)F)c2)ccc(-c2ccccc2)c1Cl. The summed E-state index contributed by atoms with van der Waals surface area (Å²) in [5.41, 5.74) is 1.17. The third-order valence-electron chi connectivity index (χ3n) is 4.75. The molecule has 0 aliphatic heterocycles. The van der Waals surface area contributed by atoms with Crippen molar-refractivity contribution in [1.82, 2.24) is 20.0 Å². The third-order valence-corrected chi connectivity index (χ3v) is 5.24. The number of anilines is 1. The van der Waals surface area contributed by atoms with Gasteiger partial charge in [-0.1, -0.05) is 48.0 Å². The topological polar surface area (TPSA) is 72.7 Å². The second-order valence-corrected chi connectivity index (χ2v) is 7.21. The number of pyridine rings is 1. The molecule has 4 rings (SSSR count). The minimum atomic E-state index is -4.73. The molecule has 0 saturated carbocycles. The van der Waals surface area contributed by atoms with Crippen LogP contribution in [0.1, 0.15) is 21.5 Å². The molecule has 2 aromatic carbocycles. The number of benzene rings is 2. The van der Waals surface area contributed by atoms with E-state index in [0.29, 0.717) is 10.6 Å². The summed E-state index contributed by atoms with van der Waals surface area (Å²) in [5, 5.41) is 10.2. The van der Waals surface area contributed by atoms with Crippen LogP contribution in [0.15, 0.2) is 67.1 Å². The first-order chi connectivity index (χ1) is 15.3. The van der Waals surface area contributed by atoms with Gasteiger partial charge in [-0.3, -0.25) is 4.79 Å². The molecule has 1 amide bonds. The van der Waals surface area contributed by atoms with E-state index in [2.05, 4.69) is 20.5 Å². The van der Waals surface area contributed by atoms with Crippen LogP contribution < -0.4 is 5.32 Å². The molecule has 1 N–H and O–H groups in total. The van der Waals surface area contributed by atoms with Crippen molar-refractivity contribution in [1.29, 1.82) is 0 Å². The smallest absolute Gasteiger partial charge is 0.321 e. The van der Waals surface area contributed by atoms with E-state index in [0.717, 1.165) is 28.2 Å². The highest BCUT2D eigenvalue weighted by Crippen LogP contribution is 2.35. The second kappa shape index (κ2) is 8.43. The van der Waals surface area contributed by atoms with Gasteiger partial charge < -0.3 is 5.32 Å². The van der Waals surface area contributed by atoms with Gasteiger partial charge in [-0.2, -0.15) is 23.4 Å². The number of alkyl halides is 3. The lowest BCUT2D eigenvalue weighted by molar-refractivity contribution is -0.137. The van der Waals surface area contributed by atoms with Crippen LogP contribution in [0, 0.1) is 6.92 Å². The number of carbonyl (C=O) groups is 1. The predicted molar refractivity (Wildman–Crippen MR) is 114 cm³/mol. The molecule has 32 heavy (non-hydrogen) atoms. The number of hydrogen-bond donors (Lipinski definition) is 1. The van der Waals surface area contributed by atoms with Crippen LogP contribution in [0.5, 0.6) is 0 Å². The van der Waals surface area contributed by atoms with Gasteiger partial charge in [0.05, 0.1) is 29.3 Å². The Morgan fingerprint density at radius 1 is 1.06 bits per heavy atom. The average molecular weight is 458 g/mol. The number of halogens is 4. The Labute approximate surface area is 185 Å². The molecule has 2 aromatic heterocycles. The van der Waals surface area contributed by atoms with Gasteiger partial charge in [0.25, 0.3) is 5.91 Å². The number of hydrogen-bond acceptors (Lipinski definition) is 4. The fraction of sp³-hybridized carbons (Fsp3) is 0.0909. The maximum Gasteiger partial charge on any atom is 0.420 e. The molecule has 6 nitrogen and oxygen atoms in total. The number of nitrogens with zero attached hydrogens (tertiary/aromatic N) is 4. The molecule has 162 valence electrons. The molecule has 0 spiro atoms. The lowest BCUT2D eigenvalue weighted by atomic mass is 9.99. The highest BCUT2D eigenvalue weighted by molar-refractivity contribution is 6.34. The fourth-order valence-corrected chi connectivity index (χ4v) is 3.46. The highest BCUT2D eigenvalue weighted by atomic mass is 35.5. The molecule has 0 fully saturated rings. The summed E-state index contributed by atoms with van der Waals surface area (Å²) < 4.78 is 40.7. The van der Waals surface area contributed by atoms with Crippen LogP contribution in [-0.2, 0) is 6.18 Å². The van der Waals surface area contributed by atoms with Crippen molar-refractivity contribution in [2.24, 2.45) is 0 Å².